The Morgan fingerprint density at radius 1 is 1.13 bits per heavy atom. The van der Waals surface area contributed by atoms with Crippen molar-refractivity contribution in [2.45, 2.75) is 32.7 Å². The molecule has 4 heteroatoms. The molecule has 1 N–H and O–H groups in total. The Bertz CT molecular complexity index is 942. The van der Waals surface area contributed by atoms with Crippen molar-refractivity contribution in [1.29, 1.82) is 0 Å². The molecule has 3 aromatic rings. The van der Waals surface area contributed by atoms with E-state index in [0.29, 0.717) is 6.04 Å². The second-order valence-corrected chi connectivity index (χ2v) is 6.92. The first-order chi connectivity index (χ1) is 11.2. The Hall–Kier alpha value is -2.38. The van der Waals surface area contributed by atoms with Crippen LogP contribution in [-0.2, 0) is 0 Å². The van der Waals surface area contributed by atoms with Crippen LogP contribution >= 0.6 is 11.3 Å². The van der Waals surface area contributed by atoms with Gasteiger partial charge in [-0.05, 0) is 43.9 Å². The summed E-state index contributed by atoms with van der Waals surface area (Å²) >= 11 is 1.66. The van der Waals surface area contributed by atoms with Gasteiger partial charge in [-0.15, -0.1) is 11.3 Å². The molecule has 0 bridgehead atoms. The molecule has 2 aromatic heterocycles. The monoisotopic (exact) mass is 319 g/mol. The molecule has 4 rings (SSSR count). The molecule has 1 fully saturated rings. The lowest BCUT2D eigenvalue weighted by molar-refractivity contribution is 1.11. The van der Waals surface area contributed by atoms with Gasteiger partial charge >= 0.3 is 0 Å². The third kappa shape index (κ3) is 2.93. The lowest BCUT2D eigenvalue weighted by Crippen LogP contribution is -2.03. The quantitative estimate of drug-likeness (QED) is 0.716. The zero-order valence-corrected chi connectivity index (χ0v) is 14.0. The smallest absolute Gasteiger partial charge is 0.147 e. The van der Waals surface area contributed by atoms with Crippen molar-refractivity contribution in [2.24, 2.45) is 0 Å². The number of rotatable bonds is 2. The maximum absolute atomic E-state index is 4.44. The Balaban J connectivity index is 1.73. The number of thiophene rings is 1. The molecule has 0 amide bonds. The van der Waals surface area contributed by atoms with Crippen molar-refractivity contribution in [3.8, 4) is 11.8 Å². The van der Waals surface area contributed by atoms with Gasteiger partial charge in [0, 0.05) is 17.0 Å². The van der Waals surface area contributed by atoms with Crippen LogP contribution in [0.2, 0.25) is 0 Å². The Labute approximate surface area is 139 Å². The zero-order valence-electron chi connectivity index (χ0n) is 13.2. The molecule has 0 atom stereocenters. The summed E-state index contributed by atoms with van der Waals surface area (Å²) in [5.41, 5.74) is 5.44. The molecule has 1 saturated carbocycles. The minimum absolute atomic E-state index is 0.583. The van der Waals surface area contributed by atoms with Crippen LogP contribution in [0.25, 0.3) is 10.2 Å². The van der Waals surface area contributed by atoms with Gasteiger partial charge in [0.1, 0.15) is 17.7 Å². The predicted octanol–water partition coefficient (Wildman–Crippen LogP) is 4.28. The van der Waals surface area contributed by atoms with Gasteiger partial charge in [0.2, 0.25) is 0 Å². The molecular weight excluding hydrogens is 302 g/mol. The SMILES string of the molecule is Cc1ccc(C)c(C#Cc2csc3c(NC4CC4)ncnc23)c1. The normalized spacial score (nSPS) is 13.7. The van der Waals surface area contributed by atoms with Crippen LogP contribution in [0.15, 0.2) is 29.9 Å². The molecule has 1 aromatic carbocycles. The third-order valence-corrected chi connectivity index (χ3v) is 4.97. The van der Waals surface area contributed by atoms with E-state index in [0.717, 1.165) is 27.2 Å². The van der Waals surface area contributed by atoms with Gasteiger partial charge < -0.3 is 5.32 Å². The first-order valence-corrected chi connectivity index (χ1v) is 8.66. The molecule has 114 valence electrons. The Morgan fingerprint density at radius 2 is 1.96 bits per heavy atom. The van der Waals surface area contributed by atoms with Gasteiger partial charge in [-0.3, -0.25) is 0 Å². The topological polar surface area (TPSA) is 37.8 Å². The molecule has 1 aliphatic rings. The van der Waals surface area contributed by atoms with Gasteiger partial charge in [0.25, 0.3) is 0 Å². The van der Waals surface area contributed by atoms with Crippen molar-refractivity contribution in [2.75, 3.05) is 5.32 Å². The number of hydrogen-bond acceptors (Lipinski definition) is 4. The van der Waals surface area contributed by atoms with Crippen molar-refractivity contribution in [3.05, 3.63) is 52.2 Å². The third-order valence-electron chi connectivity index (χ3n) is 4.00. The number of hydrogen-bond donors (Lipinski definition) is 1. The van der Waals surface area contributed by atoms with Crippen molar-refractivity contribution >= 4 is 27.4 Å². The van der Waals surface area contributed by atoms with Crippen LogP contribution in [0.5, 0.6) is 0 Å². The lowest BCUT2D eigenvalue weighted by atomic mass is 10.1. The molecule has 1 aliphatic carbocycles. The average molecular weight is 319 g/mol. The highest BCUT2D eigenvalue weighted by molar-refractivity contribution is 7.18. The van der Waals surface area contributed by atoms with Gasteiger partial charge in [0.15, 0.2) is 0 Å². The number of benzene rings is 1. The summed E-state index contributed by atoms with van der Waals surface area (Å²) < 4.78 is 1.10. The molecule has 0 unspecified atom stereocenters. The van der Waals surface area contributed by atoms with Crippen molar-refractivity contribution in [3.63, 3.8) is 0 Å². The second kappa shape index (κ2) is 5.68. The van der Waals surface area contributed by atoms with E-state index < -0.39 is 0 Å². The molecule has 3 nitrogen and oxygen atoms in total. The van der Waals surface area contributed by atoms with Gasteiger partial charge in [-0.1, -0.05) is 24.0 Å². The molecule has 0 saturated heterocycles. The van der Waals surface area contributed by atoms with Crippen LogP contribution in [0.1, 0.15) is 35.1 Å². The summed E-state index contributed by atoms with van der Waals surface area (Å²) in [5, 5.41) is 5.55. The largest absolute Gasteiger partial charge is 0.366 e. The highest BCUT2D eigenvalue weighted by Crippen LogP contribution is 2.32. The lowest BCUT2D eigenvalue weighted by Gasteiger charge is -2.03. The van der Waals surface area contributed by atoms with Crippen LogP contribution in [0.4, 0.5) is 5.82 Å². The molecule has 0 aliphatic heterocycles. The number of fused-ring (bicyclic) bond motifs is 1. The highest BCUT2D eigenvalue weighted by atomic mass is 32.1. The van der Waals surface area contributed by atoms with E-state index in [1.807, 2.05) is 0 Å². The minimum Gasteiger partial charge on any atom is -0.366 e. The summed E-state index contributed by atoms with van der Waals surface area (Å²) in [4.78, 5) is 8.82. The van der Waals surface area contributed by atoms with Crippen molar-refractivity contribution < 1.29 is 0 Å². The summed E-state index contributed by atoms with van der Waals surface area (Å²) in [5.74, 6) is 7.53. The fraction of sp³-hybridized carbons (Fsp3) is 0.263. The number of anilines is 1. The van der Waals surface area contributed by atoms with E-state index in [1.54, 1.807) is 17.7 Å². The van der Waals surface area contributed by atoms with E-state index >= 15 is 0 Å². The Morgan fingerprint density at radius 3 is 2.78 bits per heavy atom. The zero-order chi connectivity index (χ0) is 15.8. The standard InChI is InChI=1S/C19H17N3S/c1-12-3-4-13(2)14(9-12)5-6-15-10-23-18-17(15)20-11-21-19(18)22-16-7-8-16/h3-4,9-11,16H,7-8H2,1-2H3,(H,20,21,22). The van der Waals surface area contributed by atoms with Crippen LogP contribution in [0, 0.1) is 25.7 Å². The Kier molecular flexibility index (Phi) is 3.51. The summed E-state index contributed by atoms with van der Waals surface area (Å²) in [6.45, 7) is 4.18. The second-order valence-electron chi connectivity index (χ2n) is 6.04. The molecule has 23 heavy (non-hydrogen) atoms. The maximum Gasteiger partial charge on any atom is 0.147 e. The minimum atomic E-state index is 0.583. The fourth-order valence-corrected chi connectivity index (χ4v) is 3.37. The maximum atomic E-state index is 4.44. The number of nitrogens with one attached hydrogen (secondary N) is 1. The summed E-state index contributed by atoms with van der Waals surface area (Å²) in [7, 11) is 0. The highest BCUT2D eigenvalue weighted by Gasteiger charge is 2.22. The van der Waals surface area contributed by atoms with Crippen molar-refractivity contribution in [1.82, 2.24) is 9.97 Å². The van der Waals surface area contributed by atoms with E-state index in [-0.39, 0.29) is 0 Å². The van der Waals surface area contributed by atoms with Gasteiger partial charge in [-0.25, -0.2) is 9.97 Å². The predicted molar refractivity (Wildman–Crippen MR) is 96.0 cm³/mol. The first kappa shape index (κ1) is 14.2. The first-order valence-electron chi connectivity index (χ1n) is 7.79. The number of aryl methyl sites for hydroxylation is 2. The van der Waals surface area contributed by atoms with Crippen LogP contribution in [-0.4, -0.2) is 16.0 Å². The molecular formula is C19H17N3S. The number of aromatic nitrogens is 2. The summed E-state index contributed by atoms with van der Waals surface area (Å²) in [6.07, 6.45) is 4.09. The van der Waals surface area contributed by atoms with Crippen LogP contribution < -0.4 is 5.32 Å². The van der Waals surface area contributed by atoms with E-state index in [4.69, 9.17) is 0 Å². The number of nitrogens with zero attached hydrogens (tertiary/aromatic N) is 2. The fourth-order valence-electron chi connectivity index (χ4n) is 2.47. The van der Waals surface area contributed by atoms with Gasteiger partial charge in [0.05, 0.1) is 10.3 Å². The molecule has 0 spiro atoms. The average Bonchev–Trinajstić information content (AvgIpc) is 3.26. The van der Waals surface area contributed by atoms with E-state index in [9.17, 15) is 0 Å². The summed E-state index contributed by atoms with van der Waals surface area (Å²) in [6, 6.07) is 6.94. The molecule has 2 heterocycles. The molecule has 0 radical (unpaired) electrons. The van der Waals surface area contributed by atoms with Crippen LogP contribution in [0.3, 0.4) is 0 Å². The van der Waals surface area contributed by atoms with Gasteiger partial charge in [-0.2, -0.15) is 0 Å². The van der Waals surface area contributed by atoms with E-state index in [2.05, 4.69) is 64.6 Å². The van der Waals surface area contributed by atoms with E-state index in [1.165, 1.54) is 24.0 Å².